The second kappa shape index (κ2) is 12.5. The molecule has 0 aromatic rings. The van der Waals surface area contributed by atoms with Crippen molar-refractivity contribution in [1.82, 2.24) is 0 Å². The summed E-state index contributed by atoms with van der Waals surface area (Å²) in [5, 5.41) is 0. The molecule has 2 heteroatoms. The Balaban J connectivity index is 2.82. The monoisotopic (exact) mass is 198 g/mol. The van der Waals surface area contributed by atoms with Gasteiger partial charge in [0.25, 0.3) is 0 Å². The van der Waals surface area contributed by atoms with E-state index < -0.39 is 0 Å². The Kier molecular flexibility index (Phi) is 12.0. The number of unbranched alkanes of at least 4 members (excludes halogenated alkanes) is 6. The Morgan fingerprint density at radius 1 is 1.00 bits per heavy atom. The van der Waals surface area contributed by atoms with Gasteiger partial charge in [-0.1, -0.05) is 25.7 Å². The van der Waals surface area contributed by atoms with Crippen LogP contribution in [0.15, 0.2) is 0 Å². The lowest BCUT2D eigenvalue weighted by atomic mass is 10.1. The summed E-state index contributed by atoms with van der Waals surface area (Å²) in [6.07, 6.45) is 13.5. The van der Waals surface area contributed by atoms with E-state index in [1.165, 1.54) is 32.1 Å². The van der Waals surface area contributed by atoms with Crippen molar-refractivity contribution >= 4 is 0 Å². The molecule has 0 amide bonds. The van der Waals surface area contributed by atoms with Crippen molar-refractivity contribution in [2.75, 3.05) is 20.5 Å². The molecule has 0 saturated carbocycles. The molecule has 0 saturated heterocycles. The maximum atomic E-state index is 5.18. The fourth-order valence-corrected chi connectivity index (χ4v) is 1.28. The van der Waals surface area contributed by atoms with Gasteiger partial charge in [0, 0.05) is 20.1 Å². The van der Waals surface area contributed by atoms with E-state index >= 15 is 0 Å². The first kappa shape index (κ1) is 13.5. The number of methoxy groups -OCH3 is 1. The third-order valence-corrected chi connectivity index (χ3v) is 2.06. The normalized spacial score (nSPS) is 10.0. The molecule has 0 aromatic heterocycles. The second-order valence-electron chi connectivity index (χ2n) is 3.39. The van der Waals surface area contributed by atoms with E-state index in [9.17, 15) is 0 Å². The van der Waals surface area contributed by atoms with Gasteiger partial charge in [0.2, 0.25) is 0 Å². The Hall–Kier alpha value is -0.520. The molecule has 2 nitrogen and oxygen atoms in total. The van der Waals surface area contributed by atoms with E-state index in [1.54, 1.807) is 7.11 Å². The Labute approximate surface area is 88.0 Å². The zero-order chi connectivity index (χ0) is 10.5. The van der Waals surface area contributed by atoms with Crippen molar-refractivity contribution < 1.29 is 9.47 Å². The topological polar surface area (TPSA) is 18.5 Å². The zero-order valence-corrected chi connectivity index (χ0v) is 9.26. The first-order chi connectivity index (χ1) is 6.91. The van der Waals surface area contributed by atoms with Gasteiger partial charge >= 0.3 is 0 Å². The molecular weight excluding hydrogens is 176 g/mol. The zero-order valence-electron chi connectivity index (χ0n) is 9.26. The molecule has 0 rings (SSSR count). The molecular formula is C12H22O2. The highest BCUT2D eigenvalue weighted by molar-refractivity contribution is 4.82. The van der Waals surface area contributed by atoms with Gasteiger partial charge in [-0.05, 0) is 12.8 Å². The van der Waals surface area contributed by atoms with Crippen molar-refractivity contribution in [3.63, 3.8) is 0 Å². The summed E-state index contributed by atoms with van der Waals surface area (Å²) >= 11 is 0. The largest absolute Gasteiger partial charge is 0.359 e. The number of rotatable bonds is 10. The lowest BCUT2D eigenvalue weighted by Gasteiger charge is -2.02. The van der Waals surface area contributed by atoms with Crippen molar-refractivity contribution in [2.45, 2.75) is 44.9 Å². The molecule has 0 heterocycles. The minimum absolute atomic E-state index is 0.419. The van der Waals surface area contributed by atoms with Gasteiger partial charge in [-0.15, -0.1) is 12.3 Å². The Morgan fingerprint density at radius 2 is 1.64 bits per heavy atom. The molecule has 82 valence electrons. The van der Waals surface area contributed by atoms with Crippen LogP contribution in [0, 0.1) is 12.3 Å². The van der Waals surface area contributed by atoms with Crippen molar-refractivity contribution in [2.24, 2.45) is 0 Å². The summed E-state index contributed by atoms with van der Waals surface area (Å²) in [7, 11) is 1.64. The van der Waals surface area contributed by atoms with Gasteiger partial charge in [0.15, 0.2) is 0 Å². The standard InChI is InChI=1S/C12H22O2/c1-3-4-5-6-7-8-9-10-11-14-12-13-2/h1H,4-12H2,2H3. The Morgan fingerprint density at radius 3 is 2.29 bits per heavy atom. The van der Waals surface area contributed by atoms with Crippen molar-refractivity contribution in [3.8, 4) is 12.3 Å². The van der Waals surface area contributed by atoms with Crippen LogP contribution in [0.4, 0.5) is 0 Å². The van der Waals surface area contributed by atoms with Crippen LogP contribution < -0.4 is 0 Å². The van der Waals surface area contributed by atoms with Gasteiger partial charge in [0.05, 0.1) is 0 Å². The molecule has 0 aliphatic heterocycles. The van der Waals surface area contributed by atoms with Gasteiger partial charge < -0.3 is 9.47 Å². The lowest BCUT2D eigenvalue weighted by molar-refractivity contribution is -0.0315. The van der Waals surface area contributed by atoms with Crippen LogP contribution in [0.25, 0.3) is 0 Å². The first-order valence-corrected chi connectivity index (χ1v) is 5.42. The number of hydrogen-bond acceptors (Lipinski definition) is 2. The molecule has 0 N–H and O–H groups in total. The smallest absolute Gasteiger partial charge is 0.146 e. The summed E-state index contributed by atoms with van der Waals surface area (Å²) < 4.78 is 9.95. The summed E-state index contributed by atoms with van der Waals surface area (Å²) in [6, 6.07) is 0. The predicted molar refractivity (Wildman–Crippen MR) is 59.0 cm³/mol. The minimum Gasteiger partial charge on any atom is -0.359 e. The first-order valence-electron chi connectivity index (χ1n) is 5.42. The molecule has 0 bridgehead atoms. The predicted octanol–water partition coefficient (Wildman–Crippen LogP) is 2.97. The van der Waals surface area contributed by atoms with Gasteiger partial charge in [-0.2, -0.15) is 0 Å². The maximum Gasteiger partial charge on any atom is 0.146 e. The molecule has 0 radical (unpaired) electrons. The quantitative estimate of drug-likeness (QED) is 0.305. The fourth-order valence-electron chi connectivity index (χ4n) is 1.28. The SMILES string of the molecule is C#CCCCCCCCCOCOC. The fraction of sp³-hybridized carbons (Fsp3) is 0.833. The average molecular weight is 198 g/mol. The Bertz CT molecular complexity index is 138. The summed E-state index contributed by atoms with van der Waals surface area (Å²) in [5.41, 5.74) is 0. The highest BCUT2D eigenvalue weighted by atomic mass is 16.7. The van der Waals surface area contributed by atoms with Gasteiger partial charge in [-0.25, -0.2) is 0 Å². The molecule has 0 unspecified atom stereocenters. The maximum absolute atomic E-state index is 5.18. The number of hydrogen-bond donors (Lipinski definition) is 0. The highest BCUT2D eigenvalue weighted by Crippen LogP contribution is 2.06. The van der Waals surface area contributed by atoms with Crippen LogP contribution in [0.1, 0.15) is 44.9 Å². The third-order valence-electron chi connectivity index (χ3n) is 2.06. The van der Waals surface area contributed by atoms with E-state index in [-0.39, 0.29) is 0 Å². The minimum atomic E-state index is 0.419. The number of terminal acetylenes is 1. The van der Waals surface area contributed by atoms with E-state index in [0.29, 0.717) is 6.79 Å². The van der Waals surface area contributed by atoms with Gasteiger partial charge in [0.1, 0.15) is 6.79 Å². The molecule has 0 aliphatic carbocycles. The summed E-state index contributed by atoms with van der Waals surface area (Å²) in [4.78, 5) is 0. The second-order valence-corrected chi connectivity index (χ2v) is 3.39. The number of ether oxygens (including phenoxy) is 2. The highest BCUT2D eigenvalue weighted by Gasteiger charge is 1.91. The molecule has 0 aromatic carbocycles. The third kappa shape index (κ3) is 11.5. The summed E-state index contributed by atoms with van der Waals surface area (Å²) in [5.74, 6) is 2.66. The van der Waals surface area contributed by atoms with Gasteiger partial charge in [-0.3, -0.25) is 0 Å². The molecule has 0 fully saturated rings. The van der Waals surface area contributed by atoms with Crippen molar-refractivity contribution in [3.05, 3.63) is 0 Å². The average Bonchev–Trinajstić information content (AvgIpc) is 2.21. The molecule has 0 atom stereocenters. The van der Waals surface area contributed by atoms with Crippen LogP contribution in [-0.2, 0) is 9.47 Å². The van der Waals surface area contributed by atoms with Crippen molar-refractivity contribution in [1.29, 1.82) is 0 Å². The molecule has 14 heavy (non-hydrogen) atoms. The van der Waals surface area contributed by atoms with E-state index in [4.69, 9.17) is 15.9 Å². The van der Waals surface area contributed by atoms with Crippen LogP contribution in [0.2, 0.25) is 0 Å². The van der Waals surface area contributed by atoms with Crippen LogP contribution in [0.5, 0.6) is 0 Å². The van der Waals surface area contributed by atoms with Crippen LogP contribution >= 0.6 is 0 Å². The molecule has 0 aliphatic rings. The summed E-state index contributed by atoms with van der Waals surface area (Å²) in [6.45, 7) is 1.24. The van der Waals surface area contributed by atoms with Crippen LogP contribution in [0.3, 0.4) is 0 Å². The van der Waals surface area contributed by atoms with Crippen LogP contribution in [-0.4, -0.2) is 20.5 Å². The lowest BCUT2D eigenvalue weighted by Crippen LogP contribution is -1.98. The molecule has 0 spiro atoms. The van der Waals surface area contributed by atoms with E-state index in [1.807, 2.05) is 0 Å². The van der Waals surface area contributed by atoms with E-state index in [0.717, 1.165) is 19.4 Å². The van der Waals surface area contributed by atoms with E-state index in [2.05, 4.69) is 5.92 Å².